The van der Waals surface area contributed by atoms with Gasteiger partial charge in [-0.15, -0.1) is 0 Å². The fourth-order valence-electron chi connectivity index (χ4n) is 2.34. The van der Waals surface area contributed by atoms with Crippen LogP contribution in [0.25, 0.3) is 16.9 Å². The summed E-state index contributed by atoms with van der Waals surface area (Å²) in [7, 11) is -1.08. The van der Waals surface area contributed by atoms with Crippen molar-refractivity contribution in [3.63, 3.8) is 0 Å². The maximum absolute atomic E-state index is 11.9. The first kappa shape index (κ1) is 17.9. The Morgan fingerprint density at radius 2 is 1.80 bits per heavy atom. The maximum Gasteiger partial charge on any atom is 0.240 e. The number of nitrogens with zero attached hydrogens (tertiary/aromatic N) is 3. The van der Waals surface area contributed by atoms with Gasteiger partial charge in [0.05, 0.1) is 19.7 Å². The Labute approximate surface area is 156 Å². The molecule has 8 nitrogen and oxygen atoms in total. The molecule has 0 radical (unpaired) electrons. The van der Waals surface area contributed by atoms with Gasteiger partial charge in [-0.25, -0.2) is 13.6 Å². The van der Waals surface area contributed by atoms with Gasteiger partial charge in [0.2, 0.25) is 27.7 Å². The largest absolute Gasteiger partial charge is 0.480 e. The predicted octanol–water partition coefficient (Wildman–Crippen LogP) is 2.50. The normalized spacial score (nSPS) is 11.7. The minimum atomic E-state index is -3.96. The molecule has 0 aliphatic rings. The first-order valence-electron chi connectivity index (χ1n) is 6.75. The molecule has 0 fully saturated rings. The zero-order valence-corrected chi connectivity index (χ0v) is 16.2. The Balaban J connectivity index is 2.38. The van der Waals surface area contributed by atoms with Crippen molar-refractivity contribution in [1.29, 1.82) is 0 Å². The van der Waals surface area contributed by atoms with E-state index in [9.17, 15) is 8.42 Å². The third-order valence-electron chi connectivity index (χ3n) is 3.42. The summed E-state index contributed by atoms with van der Waals surface area (Å²) < 4.78 is 36.1. The zero-order valence-electron chi connectivity index (χ0n) is 13.0. The van der Waals surface area contributed by atoms with Crippen molar-refractivity contribution >= 4 is 48.5 Å². The summed E-state index contributed by atoms with van der Waals surface area (Å²) in [6.07, 6.45) is 1.33. The molecule has 0 spiro atoms. The summed E-state index contributed by atoms with van der Waals surface area (Å²) in [6.45, 7) is 0. The lowest BCUT2D eigenvalue weighted by molar-refractivity contribution is 0.365. The topological polar surface area (TPSA) is 109 Å². The van der Waals surface area contributed by atoms with E-state index in [0.717, 1.165) is 0 Å². The second kappa shape index (κ2) is 6.45. The van der Waals surface area contributed by atoms with E-state index < -0.39 is 10.0 Å². The minimum absolute atomic E-state index is 0.0661. The van der Waals surface area contributed by atoms with Crippen LogP contribution in [0.2, 0.25) is 5.02 Å². The number of fused-ring (bicyclic) bond motifs is 1. The van der Waals surface area contributed by atoms with Crippen LogP contribution in [0.4, 0.5) is 0 Å². The molecule has 0 aliphatic carbocycles. The second-order valence-corrected chi connectivity index (χ2v) is 7.69. The lowest BCUT2D eigenvalue weighted by Gasteiger charge is -2.10. The van der Waals surface area contributed by atoms with Crippen LogP contribution >= 0.6 is 27.5 Å². The molecule has 3 rings (SSSR count). The van der Waals surface area contributed by atoms with Crippen molar-refractivity contribution in [2.24, 2.45) is 5.14 Å². The molecule has 3 aromatic rings. The van der Waals surface area contributed by atoms with Crippen LogP contribution in [0.3, 0.4) is 0 Å². The zero-order chi connectivity index (χ0) is 18.4. The summed E-state index contributed by atoms with van der Waals surface area (Å²) in [6, 6.07) is 4.74. The molecule has 2 N–H and O–H groups in total. The van der Waals surface area contributed by atoms with Gasteiger partial charge in [-0.3, -0.25) is 4.57 Å². The van der Waals surface area contributed by atoms with Gasteiger partial charge >= 0.3 is 0 Å². The number of benzene rings is 1. The highest BCUT2D eigenvalue weighted by Gasteiger charge is 2.21. The first-order valence-corrected chi connectivity index (χ1v) is 9.47. The van der Waals surface area contributed by atoms with Crippen LogP contribution in [0.1, 0.15) is 0 Å². The Morgan fingerprint density at radius 3 is 2.32 bits per heavy atom. The molecule has 0 unspecified atom stereocenters. The highest BCUT2D eigenvalue weighted by atomic mass is 79.9. The highest BCUT2D eigenvalue weighted by Crippen LogP contribution is 2.34. The summed E-state index contributed by atoms with van der Waals surface area (Å²) in [5, 5.41) is 6.14. The molecule has 0 saturated heterocycles. The molecule has 11 heteroatoms. The fraction of sp³-hybridized carbons (Fsp3) is 0.143. The fourth-order valence-corrected chi connectivity index (χ4v) is 3.73. The number of primary sulfonamides is 1. The second-order valence-electron chi connectivity index (χ2n) is 4.93. The molecule has 1 aromatic carbocycles. The molecule has 25 heavy (non-hydrogen) atoms. The van der Waals surface area contributed by atoms with E-state index in [4.69, 9.17) is 26.2 Å². The third-order valence-corrected chi connectivity index (χ3v) is 5.27. The van der Waals surface area contributed by atoms with E-state index in [-0.39, 0.29) is 22.6 Å². The number of halogens is 2. The van der Waals surface area contributed by atoms with Crippen molar-refractivity contribution in [1.82, 2.24) is 14.5 Å². The minimum Gasteiger partial charge on any atom is -0.480 e. The van der Waals surface area contributed by atoms with E-state index in [1.54, 1.807) is 18.2 Å². The van der Waals surface area contributed by atoms with Crippen LogP contribution in [0.5, 0.6) is 11.8 Å². The number of aromatic nitrogens is 3. The average molecular weight is 448 g/mol. The van der Waals surface area contributed by atoms with Gasteiger partial charge in [0, 0.05) is 16.6 Å². The Hall–Kier alpha value is -1.88. The highest BCUT2D eigenvalue weighted by molar-refractivity contribution is 9.10. The molecular formula is C14H12BrClN4O4S. The number of rotatable bonds is 4. The number of nitrogens with two attached hydrogens (primary N) is 1. The lowest BCUT2D eigenvalue weighted by Crippen LogP contribution is -2.11. The Morgan fingerprint density at radius 1 is 1.20 bits per heavy atom. The van der Waals surface area contributed by atoms with Crippen LogP contribution in [0.15, 0.2) is 33.8 Å². The number of hydrogen-bond acceptors (Lipinski definition) is 6. The maximum atomic E-state index is 11.9. The van der Waals surface area contributed by atoms with E-state index in [2.05, 4.69) is 25.9 Å². The van der Waals surface area contributed by atoms with Crippen LogP contribution in [-0.4, -0.2) is 37.2 Å². The first-order chi connectivity index (χ1) is 11.8. The predicted molar refractivity (Wildman–Crippen MR) is 96.1 cm³/mol. The molecule has 0 bridgehead atoms. The summed E-state index contributed by atoms with van der Waals surface area (Å²) in [5.41, 5.74) is 0.475. The Kier molecular flexibility index (Phi) is 4.62. The van der Waals surface area contributed by atoms with Crippen LogP contribution in [-0.2, 0) is 10.0 Å². The van der Waals surface area contributed by atoms with E-state index in [1.807, 2.05) is 0 Å². The quantitative estimate of drug-likeness (QED) is 0.658. The molecule has 2 heterocycles. The number of sulfonamides is 1. The van der Waals surface area contributed by atoms with Crippen LogP contribution in [0, 0.1) is 0 Å². The van der Waals surface area contributed by atoms with Gasteiger partial charge in [-0.1, -0.05) is 11.6 Å². The molecule has 0 atom stereocenters. The van der Waals surface area contributed by atoms with Crippen molar-refractivity contribution < 1.29 is 17.9 Å². The number of ether oxygens (including phenoxy) is 2. The summed E-state index contributed by atoms with van der Waals surface area (Å²) >= 11 is 9.34. The Bertz CT molecular complexity index is 1060. The molecule has 0 amide bonds. The van der Waals surface area contributed by atoms with Crippen molar-refractivity contribution in [3.05, 3.63) is 33.9 Å². The molecular weight excluding hydrogens is 436 g/mol. The summed E-state index contributed by atoms with van der Waals surface area (Å²) in [4.78, 5) is 8.47. The number of hydrogen-bond donors (Lipinski definition) is 1. The van der Waals surface area contributed by atoms with Crippen molar-refractivity contribution in [2.45, 2.75) is 4.90 Å². The van der Waals surface area contributed by atoms with Gasteiger partial charge < -0.3 is 9.47 Å². The lowest BCUT2D eigenvalue weighted by atomic mass is 10.2. The van der Waals surface area contributed by atoms with Crippen LogP contribution < -0.4 is 14.6 Å². The van der Waals surface area contributed by atoms with E-state index in [1.165, 1.54) is 25.0 Å². The van der Waals surface area contributed by atoms with Gasteiger partial charge in [0.1, 0.15) is 9.37 Å². The molecule has 0 aliphatic heterocycles. The van der Waals surface area contributed by atoms with Crippen molar-refractivity contribution in [2.75, 3.05) is 14.2 Å². The summed E-state index contributed by atoms with van der Waals surface area (Å²) in [5.74, 6) is 0.588. The average Bonchev–Trinajstić information content (AvgIpc) is 2.94. The smallest absolute Gasteiger partial charge is 0.240 e. The van der Waals surface area contributed by atoms with E-state index >= 15 is 0 Å². The monoisotopic (exact) mass is 446 g/mol. The molecule has 0 saturated carbocycles. The SMILES string of the molecule is COc1nc(-n2cc(S(N)(=O)=O)c3ccc(Cl)cc32)nc(OC)c1Br. The van der Waals surface area contributed by atoms with Gasteiger partial charge in [0.15, 0.2) is 0 Å². The standard InChI is InChI=1S/C14H12BrClN4O4S/c1-23-12-11(15)13(24-2)19-14(18-12)20-6-10(25(17,21)22)8-4-3-7(16)5-9(8)20/h3-6H,1-2H3,(H2,17,21,22). The molecule has 2 aromatic heterocycles. The van der Waals surface area contributed by atoms with Gasteiger partial charge in [-0.2, -0.15) is 9.97 Å². The third kappa shape index (κ3) is 3.17. The van der Waals surface area contributed by atoms with Gasteiger partial charge in [-0.05, 0) is 34.1 Å². The van der Waals surface area contributed by atoms with Crippen molar-refractivity contribution in [3.8, 4) is 17.7 Å². The number of methoxy groups -OCH3 is 2. The van der Waals surface area contributed by atoms with E-state index in [0.29, 0.717) is 20.4 Å². The van der Waals surface area contributed by atoms with Gasteiger partial charge in [0.25, 0.3) is 0 Å². The molecule has 132 valence electrons.